The lowest BCUT2D eigenvalue weighted by Crippen LogP contribution is -2.36. The van der Waals surface area contributed by atoms with Gasteiger partial charge in [-0.25, -0.2) is 83.5 Å². The van der Waals surface area contributed by atoms with E-state index in [9.17, 15) is 0 Å². The molecule has 24 rings (SSSR count). The highest BCUT2D eigenvalue weighted by Gasteiger charge is 2.22. The second-order valence-corrected chi connectivity index (χ2v) is 34.6. The molecule has 0 unspecified atom stereocenters. The SMILES string of the molecule is COc1ccc(-c2ncn(-c3ccc(Nc4nccc(-c5cccc(N6CCOCC6)c5)n4)cc3)n2)cn1.Cc1cc(-c2ncn(-c3ccc(Nc4nccc(-c5cccc(N6CCOCC6)c5)n4)cc3)n2)ccn1.Cc1ccc(-c2ncn(-c3ccc(Nc4nccc(-c5cccc(N6CCOCC6)c5)n4)cc3)n2)cn1.c1cc(-c2ccnc(Nc3ccc(-n4cnc(-c5ccncc5)n4)cc3)n2)cc(N2CCOCC2)c1. The van der Waals surface area contributed by atoms with Crippen LogP contribution in [-0.4, -0.2) is 231 Å². The van der Waals surface area contributed by atoms with Gasteiger partial charge in [-0.15, -0.1) is 20.4 Å². The maximum absolute atomic E-state index is 5.48. The van der Waals surface area contributed by atoms with Crippen molar-refractivity contribution in [2.45, 2.75) is 13.8 Å². The van der Waals surface area contributed by atoms with Gasteiger partial charge in [-0.1, -0.05) is 48.5 Å². The summed E-state index contributed by atoms with van der Waals surface area (Å²) in [4.78, 5) is 80.5. The minimum Gasteiger partial charge on any atom is -0.481 e. The Hall–Kier alpha value is -18.7. The van der Waals surface area contributed by atoms with Crippen molar-refractivity contribution < 1.29 is 23.7 Å². The average Bonchev–Trinajstić information content (AvgIpc) is 1.36. The number of hydrogen-bond donors (Lipinski definition) is 4. The summed E-state index contributed by atoms with van der Waals surface area (Å²) in [5.74, 6) is 5.24. The van der Waals surface area contributed by atoms with Gasteiger partial charge >= 0.3 is 0 Å². The predicted molar refractivity (Wildman–Crippen MR) is 570 cm³/mol. The van der Waals surface area contributed by atoms with Crippen LogP contribution in [-0.2, 0) is 18.9 Å². The number of anilines is 12. The topological polar surface area (TPSA) is 385 Å². The molecule has 4 fully saturated rings. The van der Waals surface area contributed by atoms with Gasteiger partial charge in [-0.2, -0.15) is 0 Å². The number of benzene rings is 8. The molecule has 4 aliphatic rings. The Balaban J connectivity index is 0.000000116. The molecule has 12 aromatic heterocycles. The monoisotopic (exact) mass is 1960 g/mol. The van der Waals surface area contributed by atoms with Crippen molar-refractivity contribution >= 4 is 69.3 Å². The van der Waals surface area contributed by atoms with E-state index in [-0.39, 0.29) is 0 Å². The van der Waals surface area contributed by atoms with Crippen molar-refractivity contribution in [2.24, 2.45) is 0 Å². The van der Waals surface area contributed by atoms with Crippen LogP contribution in [0.4, 0.5) is 69.3 Å². The number of methoxy groups -OCH3 is 1. The van der Waals surface area contributed by atoms with Crippen LogP contribution >= 0.6 is 0 Å². The molecule has 736 valence electrons. The molecule has 0 atom stereocenters. The summed E-state index contributed by atoms with van der Waals surface area (Å²) in [6.45, 7) is 17.1. The van der Waals surface area contributed by atoms with E-state index in [1.807, 2.05) is 178 Å². The van der Waals surface area contributed by atoms with Crippen molar-refractivity contribution in [3.63, 3.8) is 0 Å². The van der Waals surface area contributed by atoms with E-state index < -0.39 is 0 Å². The molecular formula is C111H102N32O5. The van der Waals surface area contributed by atoms with Gasteiger partial charge in [0.15, 0.2) is 23.3 Å². The van der Waals surface area contributed by atoms with E-state index in [1.54, 1.807) is 113 Å². The number of morpholine rings is 4. The van der Waals surface area contributed by atoms with Crippen LogP contribution in [0.2, 0.25) is 0 Å². The Morgan fingerprint density at radius 3 is 0.838 bits per heavy atom. The summed E-state index contributed by atoms with van der Waals surface area (Å²) in [7, 11) is 1.59. The van der Waals surface area contributed by atoms with Crippen LogP contribution in [0.25, 0.3) is 113 Å². The Morgan fingerprint density at radius 2 is 0.541 bits per heavy atom. The normalized spacial score (nSPS) is 13.5. The molecular weight excluding hydrogens is 1860 g/mol. The van der Waals surface area contributed by atoms with Crippen molar-refractivity contribution in [2.75, 3.05) is 153 Å². The summed E-state index contributed by atoms with van der Waals surface area (Å²) in [5.41, 5.74) is 24.9. The third-order valence-electron chi connectivity index (χ3n) is 24.7. The van der Waals surface area contributed by atoms with Gasteiger partial charge in [-0.3, -0.25) is 15.0 Å². The number of nitrogens with one attached hydrogen (secondary N) is 4. The molecule has 0 bridgehead atoms. The number of aryl methyl sites for hydroxylation is 2. The van der Waals surface area contributed by atoms with E-state index >= 15 is 0 Å². The number of hydrogen-bond acceptors (Lipinski definition) is 33. The Morgan fingerprint density at radius 1 is 0.243 bits per heavy atom. The first-order chi connectivity index (χ1) is 73.0. The second-order valence-electron chi connectivity index (χ2n) is 34.6. The molecule has 8 aromatic carbocycles. The molecule has 0 spiro atoms. The fourth-order valence-corrected chi connectivity index (χ4v) is 16.9. The quantitative estimate of drug-likeness (QED) is 0.0413. The van der Waals surface area contributed by atoms with Gasteiger partial charge in [-0.05, 0) is 226 Å². The number of rotatable bonds is 25. The zero-order valence-electron chi connectivity index (χ0n) is 81.3. The van der Waals surface area contributed by atoms with Crippen molar-refractivity contribution in [3.8, 4) is 119 Å². The van der Waals surface area contributed by atoms with E-state index in [0.29, 0.717) is 53.0 Å². The smallest absolute Gasteiger partial charge is 0.227 e. The van der Waals surface area contributed by atoms with Crippen LogP contribution in [0, 0.1) is 13.8 Å². The number of pyridine rings is 4. The number of nitrogens with zero attached hydrogens (tertiary/aromatic N) is 28. The molecule has 4 N–H and O–H groups in total. The Bertz CT molecular complexity index is 7790. The fourth-order valence-electron chi connectivity index (χ4n) is 16.9. The lowest BCUT2D eigenvalue weighted by molar-refractivity contribution is 0.122. The van der Waals surface area contributed by atoms with Gasteiger partial charge in [0, 0.05) is 216 Å². The minimum absolute atomic E-state index is 0.530. The molecule has 37 heteroatoms. The Kier molecular flexibility index (Phi) is 29.7. The molecule has 16 heterocycles. The lowest BCUT2D eigenvalue weighted by atomic mass is 10.1. The Labute approximate surface area is 852 Å². The highest BCUT2D eigenvalue weighted by Crippen LogP contribution is 2.34. The van der Waals surface area contributed by atoms with E-state index in [0.717, 1.165) is 229 Å². The summed E-state index contributed by atoms with van der Waals surface area (Å²) in [5, 5.41) is 31.6. The lowest BCUT2D eigenvalue weighted by Gasteiger charge is -2.29. The van der Waals surface area contributed by atoms with Crippen LogP contribution in [0.1, 0.15) is 11.4 Å². The van der Waals surface area contributed by atoms with Gasteiger partial charge in [0.05, 0.1) is 105 Å². The molecule has 148 heavy (non-hydrogen) atoms. The molecule has 0 saturated carbocycles. The summed E-state index contributed by atoms with van der Waals surface area (Å²) in [6, 6.07) is 88.3. The molecule has 0 radical (unpaired) electrons. The van der Waals surface area contributed by atoms with Gasteiger partial charge in [0.1, 0.15) is 25.3 Å². The first-order valence-corrected chi connectivity index (χ1v) is 48.5. The molecule has 0 amide bonds. The molecule has 4 aliphatic heterocycles. The molecule has 0 aliphatic carbocycles. The van der Waals surface area contributed by atoms with Crippen molar-refractivity contribution in [3.05, 3.63) is 359 Å². The van der Waals surface area contributed by atoms with Crippen LogP contribution in [0.5, 0.6) is 5.88 Å². The second kappa shape index (κ2) is 46.1. The summed E-state index contributed by atoms with van der Waals surface area (Å²) in [6.07, 6.45) is 22.6. The van der Waals surface area contributed by atoms with Crippen LogP contribution in [0.15, 0.2) is 348 Å². The van der Waals surface area contributed by atoms with Crippen LogP contribution in [0.3, 0.4) is 0 Å². The third-order valence-corrected chi connectivity index (χ3v) is 24.7. The third kappa shape index (κ3) is 24.3. The molecule has 4 saturated heterocycles. The highest BCUT2D eigenvalue weighted by molar-refractivity contribution is 5.73. The minimum atomic E-state index is 0.530. The standard InChI is InChI=1S/C28H26N8O2.2C28H26N8O.C27H24N8O/c1-37-26-10-5-21(18-30-26)27-31-19-36(34-27)23-8-6-22(7-9-23)32-28-29-12-11-25(33-28)20-3-2-4-24(17-20)35-13-15-38-16-14-35;1-20-17-22(9-11-29-20)27-31-19-36(34-27)24-7-5-23(6-8-24)32-28-30-12-10-26(33-28)21-3-2-4-25(18-21)35-13-15-37-16-14-35;1-20-5-6-22(18-30-20)27-31-19-36(34-27)24-9-7-23(8-10-24)32-28-29-12-11-26(33-28)21-3-2-4-25(17-21)35-13-15-37-16-14-35;1-2-21(18-24(3-1)34-14-16-36-17-15-34)25-10-13-29-27(32-25)31-22-4-6-23(7-5-22)35-19-30-26(33-35)20-8-11-28-12-9-20/h2-12,17-19H,13-16H2,1H3,(H,29,32,33);2-12,17-19H,13-16H2,1H3,(H,30,32,33);2-12,17-19H,13-16H2,1H3,(H,29,32,33);1-13,18-19H,14-17H2,(H,29,31,32). The number of aromatic nitrogens is 24. The largest absolute Gasteiger partial charge is 0.481 e. The van der Waals surface area contributed by atoms with Gasteiger partial charge in [0.25, 0.3) is 0 Å². The van der Waals surface area contributed by atoms with Gasteiger partial charge < -0.3 is 64.6 Å². The van der Waals surface area contributed by atoms with Crippen molar-refractivity contribution in [1.29, 1.82) is 0 Å². The summed E-state index contributed by atoms with van der Waals surface area (Å²) >= 11 is 0. The van der Waals surface area contributed by atoms with E-state index in [2.05, 4.69) is 218 Å². The maximum atomic E-state index is 5.48. The van der Waals surface area contributed by atoms with E-state index in [4.69, 9.17) is 43.6 Å². The predicted octanol–water partition coefficient (Wildman–Crippen LogP) is 18.1. The fraction of sp³-hybridized carbons (Fsp3) is 0.171. The maximum Gasteiger partial charge on any atom is 0.227 e. The zero-order valence-corrected chi connectivity index (χ0v) is 81.3. The first-order valence-electron chi connectivity index (χ1n) is 48.5. The zero-order chi connectivity index (χ0) is 100.0. The first kappa shape index (κ1) is 95.5. The van der Waals surface area contributed by atoms with Gasteiger partial charge in [0.2, 0.25) is 29.7 Å². The average molecular weight is 1960 g/mol. The summed E-state index contributed by atoms with van der Waals surface area (Å²) < 4.78 is 34.0. The van der Waals surface area contributed by atoms with Crippen LogP contribution < -0.4 is 45.6 Å². The van der Waals surface area contributed by atoms with Crippen molar-refractivity contribution in [1.82, 2.24) is 119 Å². The highest BCUT2D eigenvalue weighted by atomic mass is 16.5. The molecule has 20 aromatic rings. The number of ether oxygens (including phenoxy) is 5. The van der Waals surface area contributed by atoms with E-state index in [1.165, 1.54) is 22.7 Å². The molecule has 37 nitrogen and oxygen atoms in total.